The Balaban J connectivity index is 1.35. The monoisotopic (exact) mass is 440 g/mol. The second-order valence-electron chi connectivity index (χ2n) is 8.58. The molecule has 0 radical (unpaired) electrons. The van der Waals surface area contributed by atoms with Crippen molar-refractivity contribution in [2.45, 2.75) is 30.7 Å². The zero-order valence-electron chi connectivity index (χ0n) is 17.6. The molecule has 2 saturated heterocycles. The number of anilines is 1. The van der Waals surface area contributed by atoms with E-state index >= 15 is 0 Å². The lowest BCUT2D eigenvalue weighted by Gasteiger charge is -2.39. The van der Waals surface area contributed by atoms with Crippen molar-refractivity contribution in [3.63, 3.8) is 0 Å². The summed E-state index contributed by atoms with van der Waals surface area (Å²) in [6.45, 7) is 2.90. The Labute approximate surface area is 185 Å². The van der Waals surface area contributed by atoms with Gasteiger partial charge in [0.25, 0.3) is 5.91 Å². The predicted octanol–water partition coefficient (Wildman–Crippen LogP) is 2.43. The smallest absolute Gasteiger partial charge is 0.265 e. The van der Waals surface area contributed by atoms with Crippen molar-refractivity contribution < 1.29 is 28.6 Å². The number of amides is 1. The number of fused-ring (bicyclic) bond motifs is 1. The van der Waals surface area contributed by atoms with Crippen LogP contribution in [0.1, 0.15) is 35.2 Å². The first-order valence-electron chi connectivity index (χ1n) is 10.8. The molecule has 3 heterocycles. The molecule has 1 spiro atoms. The molecular weight excluding hydrogens is 415 g/mol. The third-order valence-corrected chi connectivity index (χ3v) is 6.59. The average molecular weight is 440 g/mol. The van der Waals surface area contributed by atoms with Crippen molar-refractivity contribution in [1.82, 2.24) is 4.90 Å². The van der Waals surface area contributed by atoms with Crippen LogP contribution in [0.4, 0.5) is 10.1 Å². The molecular formula is C24H25FN2O5. The van der Waals surface area contributed by atoms with E-state index in [1.54, 1.807) is 29.2 Å². The van der Waals surface area contributed by atoms with Crippen LogP contribution in [-0.4, -0.2) is 60.5 Å². The normalized spacial score (nSPS) is 24.8. The molecule has 0 unspecified atom stereocenters. The number of Topliss-reactive ketones (excluding diaryl/α,β-unsaturated/α-hetero) is 1. The predicted molar refractivity (Wildman–Crippen MR) is 113 cm³/mol. The van der Waals surface area contributed by atoms with Crippen LogP contribution < -0.4 is 4.90 Å². The fourth-order valence-corrected chi connectivity index (χ4v) is 4.81. The Morgan fingerprint density at radius 3 is 2.38 bits per heavy atom. The second-order valence-corrected chi connectivity index (χ2v) is 8.58. The van der Waals surface area contributed by atoms with Gasteiger partial charge in [0, 0.05) is 37.1 Å². The number of ether oxygens (including phenoxy) is 2. The van der Waals surface area contributed by atoms with E-state index < -0.39 is 35.3 Å². The summed E-state index contributed by atoms with van der Waals surface area (Å²) in [5.41, 5.74) is -0.699. The number of para-hydroxylation sites is 1. The van der Waals surface area contributed by atoms with Crippen molar-refractivity contribution in [1.29, 1.82) is 0 Å². The van der Waals surface area contributed by atoms with Crippen molar-refractivity contribution in [2.75, 3.05) is 37.9 Å². The topological polar surface area (TPSA) is 79.3 Å². The fraction of sp³-hybridized carbons (Fsp3) is 0.417. The molecule has 2 aromatic rings. The van der Waals surface area contributed by atoms with E-state index in [1.807, 2.05) is 0 Å². The molecule has 0 bridgehead atoms. The van der Waals surface area contributed by atoms with Gasteiger partial charge in [-0.3, -0.25) is 19.4 Å². The van der Waals surface area contributed by atoms with Crippen LogP contribution >= 0.6 is 0 Å². The van der Waals surface area contributed by atoms with Gasteiger partial charge in [0.15, 0.2) is 17.2 Å². The van der Waals surface area contributed by atoms with Gasteiger partial charge in [-0.1, -0.05) is 18.2 Å². The SMILES string of the molecule is O=C(C[C@]1(O)C(=O)N(CN2CCC3(CC2)OCCO3)c2ccccc21)c1ccc(F)cc1. The van der Waals surface area contributed by atoms with Crippen LogP contribution in [0.3, 0.4) is 0 Å². The van der Waals surface area contributed by atoms with Crippen LogP contribution in [0.15, 0.2) is 48.5 Å². The summed E-state index contributed by atoms with van der Waals surface area (Å²) in [7, 11) is 0. The molecule has 0 aromatic heterocycles. The van der Waals surface area contributed by atoms with E-state index in [9.17, 15) is 19.1 Å². The minimum atomic E-state index is -1.96. The Hall–Kier alpha value is -2.65. The molecule has 0 saturated carbocycles. The molecule has 2 aromatic carbocycles. The fourth-order valence-electron chi connectivity index (χ4n) is 4.81. The maximum atomic E-state index is 13.4. The molecule has 1 atom stereocenters. The van der Waals surface area contributed by atoms with Gasteiger partial charge in [0.1, 0.15) is 5.82 Å². The van der Waals surface area contributed by atoms with Gasteiger partial charge in [-0.2, -0.15) is 0 Å². The highest BCUT2D eigenvalue weighted by Crippen LogP contribution is 2.43. The van der Waals surface area contributed by atoms with E-state index in [2.05, 4.69) is 4.90 Å². The summed E-state index contributed by atoms with van der Waals surface area (Å²) in [5, 5.41) is 11.4. The third kappa shape index (κ3) is 3.63. The van der Waals surface area contributed by atoms with Crippen LogP contribution in [0.2, 0.25) is 0 Å². The van der Waals surface area contributed by atoms with Gasteiger partial charge in [0.05, 0.1) is 32.0 Å². The van der Waals surface area contributed by atoms with E-state index in [1.165, 1.54) is 24.3 Å². The molecule has 168 valence electrons. The standard InChI is InChI=1S/C24H25FN2O5/c25-18-7-5-17(6-8-18)21(28)15-24(30)19-3-1-2-4-20(19)27(22(24)29)16-26-11-9-23(10-12-26)31-13-14-32-23/h1-8,30H,9-16H2/t24-/m1/s1. The number of rotatable bonds is 5. The third-order valence-electron chi connectivity index (χ3n) is 6.59. The summed E-state index contributed by atoms with van der Waals surface area (Å²) < 4.78 is 24.8. The molecule has 2 fully saturated rings. The summed E-state index contributed by atoms with van der Waals surface area (Å²) >= 11 is 0. The zero-order valence-corrected chi connectivity index (χ0v) is 17.6. The second kappa shape index (κ2) is 8.04. The number of likely N-dealkylation sites (tertiary alicyclic amines) is 1. The number of carbonyl (C=O) groups excluding carboxylic acids is 2. The summed E-state index contributed by atoms with van der Waals surface area (Å²) in [6, 6.07) is 12.1. The first-order valence-corrected chi connectivity index (χ1v) is 10.8. The highest BCUT2D eigenvalue weighted by molar-refractivity contribution is 6.10. The van der Waals surface area contributed by atoms with Gasteiger partial charge in [-0.05, 0) is 30.3 Å². The molecule has 32 heavy (non-hydrogen) atoms. The largest absolute Gasteiger partial charge is 0.375 e. The molecule has 3 aliphatic heterocycles. The van der Waals surface area contributed by atoms with Crippen molar-refractivity contribution in [2.24, 2.45) is 0 Å². The van der Waals surface area contributed by atoms with Crippen molar-refractivity contribution in [3.8, 4) is 0 Å². The van der Waals surface area contributed by atoms with Crippen molar-refractivity contribution in [3.05, 3.63) is 65.5 Å². The van der Waals surface area contributed by atoms with Gasteiger partial charge < -0.3 is 14.6 Å². The van der Waals surface area contributed by atoms with Crippen LogP contribution in [-0.2, 0) is 19.9 Å². The summed E-state index contributed by atoms with van der Waals surface area (Å²) in [5.74, 6) is -1.91. The molecule has 1 N–H and O–H groups in total. The molecule has 5 rings (SSSR count). The lowest BCUT2D eigenvalue weighted by Crippen LogP contribution is -2.51. The Bertz CT molecular complexity index is 1030. The maximum absolute atomic E-state index is 13.4. The van der Waals surface area contributed by atoms with E-state index in [4.69, 9.17) is 9.47 Å². The number of hydrogen-bond donors (Lipinski definition) is 1. The number of aliphatic hydroxyl groups is 1. The Morgan fingerprint density at radius 1 is 1.03 bits per heavy atom. The van der Waals surface area contributed by atoms with Crippen LogP contribution in [0.25, 0.3) is 0 Å². The van der Waals surface area contributed by atoms with Gasteiger partial charge in [-0.15, -0.1) is 0 Å². The van der Waals surface area contributed by atoms with Crippen molar-refractivity contribution >= 4 is 17.4 Å². The van der Waals surface area contributed by atoms with E-state index in [0.29, 0.717) is 57.1 Å². The highest BCUT2D eigenvalue weighted by Gasteiger charge is 2.51. The van der Waals surface area contributed by atoms with Gasteiger partial charge in [-0.25, -0.2) is 4.39 Å². The lowest BCUT2D eigenvalue weighted by atomic mass is 9.88. The summed E-state index contributed by atoms with van der Waals surface area (Å²) in [4.78, 5) is 29.9. The van der Waals surface area contributed by atoms with E-state index in [0.717, 1.165) is 0 Å². The number of hydrogen-bond acceptors (Lipinski definition) is 6. The lowest BCUT2D eigenvalue weighted by molar-refractivity contribution is -0.185. The number of ketones is 1. The highest BCUT2D eigenvalue weighted by atomic mass is 19.1. The molecule has 7 nitrogen and oxygen atoms in total. The average Bonchev–Trinajstić information content (AvgIpc) is 3.33. The number of benzene rings is 2. The maximum Gasteiger partial charge on any atom is 0.265 e. The molecule has 3 aliphatic rings. The van der Waals surface area contributed by atoms with E-state index in [-0.39, 0.29) is 5.56 Å². The zero-order chi connectivity index (χ0) is 22.3. The molecule has 1 amide bonds. The Kier molecular flexibility index (Phi) is 5.33. The number of halogens is 1. The number of piperidine rings is 1. The number of nitrogens with zero attached hydrogens (tertiary/aromatic N) is 2. The van der Waals surface area contributed by atoms with Crippen LogP contribution in [0.5, 0.6) is 0 Å². The first-order chi connectivity index (χ1) is 15.4. The number of carbonyl (C=O) groups is 2. The quantitative estimate of drug-likeness (QED) is 0.720. The molecule has 8 heteroatoms. The van der Waals surface area contributed by atoms with Gasteiger partial charge >= 0.3 is 0 Å². The Morgan fingerprint density at radius 2 is 1.69 bits per heavy atom. The summed E-state index contributed by atoms with van der Waals surface area (Å²) in [6.07, 6.45) is 1.02. The minimum Gasteiger partial charge on any atom is -0.375 e. The van der Waals surface area contributed by atoms with Gasteiger partial charge in [0.2, 0.25) is 0 Å². The van der Waals surface area contributed by atoms with Crippen LogP contribution in [0, 0.1) is 5.82 Å². The minimum absolute atomic E-state index is 0.251. The molecule has 0 aliphatic carbocycles. The first kappa shape index (κ1) is 21.2.